The van der Waals surface area contributed by atoms with Crippen LogP contribution < -0.4 is 0 Å². The lowest BCUT2D eigenvalue weighted by Gasteiger charge is -2.29. The Morgan fingerprint density at radius 3 is 2.89 bits per heavy atom. The van der Waals surface area contributed by atoms with E-state index in [0.717, 1.165) is 24.9 Å². The predicted molar refractivity (Wildman–Crippen MR) is 71.1 cm³/mol. The molecule has 0 bridgehead atoms. The third-order valence-corrected chi connectivity index (χ3v) is 3.54. The minimum Gasteiger partial charge on any atom is -0.389 e. The molecule has 1 aliphatic heterocycles. The monoisotopic (exact) mass is 247 g/mol. The molecular formula is C15H21NO2. The zero-order valence-electron chi connectivity index (χ0n) is 11.1. The van der Waals surface area contributed by atoms with Gasteiger partial charge in [0.2, 0.25) is 5.91 Å². The van der Waals surface area contributed by atoms with E-state index in [4.69, 9.17) is 0 Å². The van der Waals surface area contributed by atoms with Gasteiger partial charge in [0.1, 0.15) is 0 Å². The molecule has 1 atom stereocenters. The maximum atomic E-state index is 11.9. The molecule has 18 heavy (non-hydrogen) atoms. The molecule has 1 aliphatic rings. The van der Waals surface area contributed by atoms with Crippen LogP contribution in [0.25, 0.3) is 0 Å². The summed E-state index contributed by atoms with van der Waals surface area (Å²) < 4.78 is 0. The maximum absolute atomic E-state index is 11.9. The number of rotatable bonds is 3. The van der Waals surface area contributed by atoms with Crippen LogP contribution in [0.15, 0.2) is 18.2 Å². The van der Waals surface area contributed by atoms with Gasteiger partial charge in [-0.1, -0.05) is 25.1 Å². The number of amides is 1. The Hall–Kier alpha value is -1.35. The van der Waals surface area contributed by atoms with Crippen molar-refractivity contribution in [1.82, 2.24) is 4.90 Å². The van der Waals surface area contributed by atoms with Gasteiger partial charge in [0, 0.05) is 19.5 Å². The van der Waals surface area contributed by atoms with Gasteiger partial charge in [-0.15, -0.1) is 0 Å². The number of aliphatic hydroxyl groups is 1. The summed E-state index contributed by atoms with van der Waals surface area (Å²) in [7, 11) is 0. The molecule has 0 aromatic heterocycles. The molecule has 98 valence electrons. The number of benzene rings is 1. The van der Waals surface area contributed by atoms with E-state index in [1.165, 1.54) is 11.1 Å². The molecule has 2 rings (SSSR count). The Bertz CT molecular complexity index is 440. The molecule has 1 N–H and O–H groups in total. The lowest BCUT2D eigenvalue weighted by molar-refractivity contribution is -0.132. The minimum atomic E-state index is -0.447. The van der Waals surface area contributed by atoms with Gasteiger partial charge >= 0.3 is 0 Å². The second-order valence-corrected chi connectivity index (χ2v) is 5.02. The van der Waals surface area contributed by atoms with Crippen LogP contribution in [0.5, 0.6) is 0 Å². The summed E-state index contributed by atoms with van der Waals surface area (Å²) in [5.41, 5.74) is 3.42. The van der Waals surface area contributed by atoms with E-state index < -0.39 is 6.10 Å². The van der Waals surface area contributed by atoms with Crippen molar-refractivity contribution in [3.63, 3.8) is 0 Å². The lowest BCUT2D eigenvalue weighted by atomic mass is 9.95. The van der Waals surface area contributed by atoms with Crippen molar-refractivity contribution in [3.05, 3.63) is 34.9 Å². The highest BCUT2D eigenvalue weighted by atomic mass is 16.3. The van der Waals surface area contributed by atoms with E-state index >= 15 is 0 Å². The third kappa shape index (κ3) is 2.72. The molecule has 1 aromatic rings. The average Bonchev–Trinajstić information content (AvgIpc) is 2.37. The molecule has 1 unspecified atom stereocenters. The fourth-order valence-corrected chi connectivity index (χ4v) is 2.42. The van der Waals surface area contributed by atoms with Crippen LogP contribution in [-0.2, 0) is 17.8 Å². The van der Waals surface area contributed by atoms with Crippen LogP contribution in [0.4, 0.5) is 0 Å². The normalized spacial score (nSPS) is 16.3. The zero-order chi connectivity index (χ0) is 13.1. The Kier molecular flexibility index (Phi) is 4.02. The summed E-state index contributed by atoms with van der Waals surface area (Å²) in [6.45, 7) is 5.31. The van der Waals surface area contributed by atoms with E-state index in [9.17, 15) is 9.90 Å². The second-order valence-electron chi connectivity index (χ2n) is 5.02. The highest BCUT2D eigenvalue weighted by molar-refractivity contribution is 5.76. The summed E-state index contributed by atoms with van der Waals surface area (Å²) in [6.07, 6.45) is 2.00. The first-order valence-electron chi connectivity index (χ1n) is 6.69. The molecule has 1 amide bonds. The fourth-order valence-electron chi connectivity index (χ4n) is 2.42. The quantitative estimate of drug-likeness (QED) is 0.891. The van der Waals surface area contributed by atoms with E-state index in [0.29, 0.717) is 13.0 Å². The standard InChI is InChI=1S/C15H21NO2/c1-3-4-15(18)16-8-7-12-5-6-13(11(2)17)9-14(12)10-16/h5-6,9,11,17H,3-4,7-8,10H2,1-2H3. The van der Waals surface area contributed by atoms with Crippen LogP contribution >= 0.6 is 0 Å². The third-order valence-electron chi connectivity index (χ3n) is 3.54. The van der Waals surface area contributed by atoms with Gasteiger partial charge in [-0.3, -0.25) is 4.79 Å². The number of nitrogens with zero attached hydrogens (tertiary/aromatic N) is 1. The summed E-state index contributed by atoms with van der Waals surface area (Å²) in [4.78, 5) is 13.8. The van der Waals surface area contributed by atoms with E-state index in [2.05, 4.69) is 6.07 Å². The fraction of sp³-hybridized carbons (Fsp3) is 0.533. The van der Waals surface area contributed by atoms with Gasteiger partial charge in [0.05, 0.1) is 6.10 Å². The predicted octanol–water partition coefficient (Wildman–Crippen LogP) is 2.42. The average molecular weight is 247 g/mol. The molecule has 0 radical (unpaired) electrons. The van der Waals surface area contributed by atoms with E-state index in [1.54, 1.807) is 6.92 Å². The Balaban J connectivity index is 2.16. The first-order chi connectivity index (χ1) is 8.61. The molecule has 3 nitrogen and oxygen atoms in total. The van der Waals surface area contributed by atoms with E-state index in [1.807, 2.05) is 24.0 Å². The van der Waals surface area contributed by atoms with Crippen molar-refractivity contribution < 1.29 is 9.90 Å². The Morgan fingerprint density at radius 2 is 2.22 bits per heavy atom. The van der Waals surface area contributed by atoms with Gasteiger partial charge in [0.25, 0.3) is 0 Å². The number of aliphatic hydroxyl groups excluding tert-OH is 1. The van der Waals surface area contributed by atoms with Crippen molar-refractivity contribution >= 4 is 5.91 Å². The number of carbonyl (C=O) groups excluding carboxylic acids is 1. The van der Waals surface area contributed by atoms with Gasteiger partial charge in [-0.05, 0) is 36.5 Å². The Morgan fingerprint density at radius 1 is 1.44 bits per heavy atom. The molecule has 1 heterocycles. The maximum Gasteiger partial charge on any atom is 0.222 e. The minimum absolute atomic E-state index is 0.241. The summed E-state index contributed by atoms with van der Waals surface area (Å²) in [6, 6.07) is 6.09. The van der Waals surface area contributed by atoms with Gasteiger partial charge in [0.15, 0.2) is 0 Å². The molecular weight excluding hydrogens is 226 g/mol. The van der Waals surface area contributed by atoms with Gasteiger partial charge < -0.3 is 10.0 Å². The molecule has 1 aromatic carbocycles. The largest absolute Gasteiger partial charge is 0.389 e. The van der Waals surface area contributed by atoms with Crippen LogP contribution in [0.2, 0.25) is 0 Å². The van der Waals surface area contributed by atoms with Crippen molar-refractivity contribution in [2.24, 2.45) is 0 Å². The number of hydrogen-bond donors (Lipinski definition) is 1. The zero-order valence-corrected chi connectivity index (χ0v) is 11.1. The van der Waals surface area contributed by atoms with Crippen molar-refractivity contribution in [1.29, 1.82) is 0 Å². The van der Waals surface area contributed by atoms with Crippen molar-refractivity contribution in [3.8, 4) is 0 Å². The highest BCUT2D eigenvalue weighted by Crippen LogP contribution is 2.23. The van der Waals surface area contributed by atoms with Crippen LogP contribution in [0.1, 0.15) is 49.5 Å². The van der Waals surface area contributed by atoms with Gasteiger partial charge in [-0.25, -0.2) is 0 Å². The van der Waals surface area contributed by atoms with Crippen LogP contribution in [0, 0.1) is 0 Å². The van der Waals surface area contributed by atoms with Crippen LogP contribution in [-0.4, -0.2) is 22.5 Å². The molecule has 3 heteroatoms. The smallest absolute Gasteiger partial charge is 0.222 e. The first kappa shape index (κ1) is 13.1. The Labute approximate surface area is 108 Å². The molecule has 0 spiro atoms. The molecule has 0 saturated carbocycles. The SMILES string of the molecule is CCCC(=O)N1CCc2ccc(C(C)O)cc2C1. The molecule has 0 aliphatic carbocycles. The lowest BCUT2D eigenvalue weighted by Crippen LogP contribution is -2.35. The van der Waals surface area contributed by atoms with E-state index in [-0.39, 0.29) is 5.91 Å². The summed E-state index contributed by atoms with van der Waals surface area (Å²) in [5.74, 6) is 0.241. The first-order valence-corrected chi connectivity index (χ1v) is 6.69. The van der Waals surface area contributed by atoms with Crippen molar-refractivity contribution in [2.45, 2.75) is 45.8 Å². The highest BCUT2D eigenvalue weighted by Gasteiger charge is 2.20. The topological polar surface area (TPSA) is 40.5 Å². The second kappa shape index (κ2) is 5.53. The van der Waals surface area contributed by atoms with Crippen LogP contribution in [0.3, 0.4) is 0 Å². The summed E-state index contributed by atoms with van der Waals surface area (Å²) >= 11 is 0. The molecule has 0 saturated heterocycles. The molecule has 0 fully saturated rings. The number of carbonyl (C=O) groups is 1. The number of fused-ring (bicyclic) bond motifs is 1. The van der Waals surface area contributed by atoms with Gasteiger partial charge in [-0.2, -0.15) is 0 Å². The summed E-state index contributed by atoms with van der Waals surface area (Å²) in [5, 5.41) is 9.60. The van der Waals surface area contributed by atoms with Crippen molar-refractivity contribution in [2.75, 3.05) is 6.54 Å². The number of hydrogen-bond acceptors (Lipinski definition) is 2.